The summed E-state index contributed by atoms with van der Waals surface area (Å²) >= 11 is 0. The number of methoxy groups -OCH3 is 1. The monoisotopic (exact) mass is 254 g/mol. The van der Waals surface area contributed by atoms with Gasteiger partial charge in [0.25, 0.3) is 5.69 Å². The molecule has 0 aliphatic carbocycles. The number of nitrogens with one attached hydrogen (secondary N) is 1. The highest BCUT2D eigenvalue weighted by Crippen LogP contribution is 2.23. The summed E-state index contributed by atoms with van der Waals surface area (Å²) < 4.78 is 5.14. The molecule has 0 bridgehead atoms. The molecule has 6 heteroatoms. The highest BCUT2D eigenvalue weighted by atomic mass is 16.6. The lowest BCUT2D eigenvalue weighted by atomic mass is 10.1. The van der Waals surface area contributed by atoms with Gasteiger partial charge in [-0.25, -0.2) is 0 Å². The van der Waals surface area contributed by atoms with Gasteiger partial charge in [-0.2, -0.15) is 0 Å². The van der Waals surface area contributed by atoms with Gasteiger partial charge in [0, 0.05) is 30.8 Å². The molecule has 0 saturated carbocycles. The third kappa shape index (κ3) is 3.97. The van der Waals surface area contributed by atoms with Gasteiger partial charge in [0.05, 0.1) is 18.1 Å². The summed E-state index contributed by atoms with van der Waals surface area (Å²) in [5.74, 6) is 0.596. The first-order chi connectivity index (χ1) is 8.58. The molecule has 0 radical (unpaired) electrons. The Bertz CT molecular complexity index is 409. The SMILES string of the molecule is CCC(O)CNCc1cc([N+](=O)[O-])ccc1OC. The predicted octanol–water partition coefficient (Wildman–Crippen LogP) is 1.46. The molecule has 0 aliphatic rings. The highest BCUT2D eigenvalue weighted by Gasteiger charge is 2.11. The molecule has 0 heterocycles. The largest absolute Gasteiger partial charge is 0.496 e. The molecule has 2 N–H and O–H groups in total. The molecule has 1 aromatic carbocycles. The Morgan fingerprint density at radius 3 is 2.83 bits per heavy atom. The van der Waals surface area contributed by atoms with E-state index < -0.39 is 11.0 Å². The molecule has 0 amide bonds. The van der Waals surface area contributed by atoms with Crippen molar-refractivity contribution in [2.75, 3.05) is 13.7 Å². The van der Waals surface area contributed by atoms with E-state index in [9.17, 15) is 15.2 Å². The summed E-state index contributed by atoms with van der Waals surface area (Å²) in [5, 5.41) is 23.1. The second-order valence-corrected chi connectivity index (χ2v) is 3.95. The summed E-state index contributed by atoms with van der Waals surface area (Å²) in [6, 6.07) is 4.46. The van der Waals surface area contributed by atoms with Gasteiger partial charge >= 0.3 is 0 Å². The fourth-order valence-electron chi connectivity index (χ4n) is 1.53. The number of aliphatic hydroxyl groups excluding tert-OH is 1. The van der Waals surface area contributed by atoms with Gasteiger partial charge in [-0.1, -0.05) is 6.92 Å². The standard InChI is InChI=1S/C12H18N2O4/c1-3-11(15)8-13-7-9-6-10(14(16)17)4-5-12(9)18-2/h4-6,11,13,15H,3,7-8H2,1-2H3. The first-order valence-corrected chi connectivity index (χ1v) is 5.78. The van der Waals surface area contributed by atoms with Crippen molar-refractivity contribution in [1.82, 2.24) is 5.32 Å². The number of hydrogen-bond donors (Lipinski definition) is 2. The van der Waals surface area contributed by atoms with Gasteiger partial charge in [-0.05, 0) is 12.5 Å². The summed E-state index contributed by atoms with van der Waals surface area (Å²) in [6.45, 7) is 2.75. The Balaban J connectivity index is 2.72. The second kappa shape index (κ2) is 6.93. The molecule has 100 valence electrons. The van der Waals surface area contributed by atoms with Gasteiger partial charge in [-0.3, -0.25) is 10.1 Å². The van der Waals surface area contributed by atoms with Crippen LogP contribution in [-0.2, 0) is 6.54 Å². The van der Waals surface area contributed by atoms with E-state index in [1.807, 2.05) is 6.92 Å². The van der Waals surface area contributed by atoms with Crippen LogP contribution in [0.4, 0.5) is 5.69 Å². The van der Waals surface area contributed by atoms with Crippen LogP contribution < -0.4 is 10.1 Å². The Kier molecular flexibility index (Phi) is 5.54. The number of hydrogen-bond acceptors (Lipinski definition) is 5. The number of rotatable bonds is 7. The summed E-state index contributed by atoms with van der Waals surface area (Å²) in [6.07, 6.45) is 0.258. The molecule has 18 heavy (non-hydrogen) atoms. The van der Waals surface area contributed by atoms with Crippen LogP contribution in [0.3, 0.4) is 0 Å². The molecule has 0 fully saturated rings. The van der Waals surface area contributed by atoms with Gasteiger partial charge in [0.15, 0.2) is 0 Å². The van der Waals surface area contributed by atoms with Crippen molar-refractivity contribution in [2.24, 2.45) is 0 Å². The van der Waals surface area contributed by atoms with Gasteiger partial charge in [-0.15, -0.1) is 0 Å². The maximum atomic E-state index is 10.7. The number of non-ortho nitro benzene ring substituents is 1. The zero-order valence-electron chi connectivity index (χ0n) is 10.5. The van der Waals surface area contributed by atoms with Crippen molar-refractivity contribution in [2.45, 2.75) is 26.0 Å². The smallest absolute Gasteiger partial charge is 0.270 e. The molecule has 0 aliphatic heterocycles. The van der Waals surface area contributed by atoms with Gasteiger partial charge in [0.1, 0.15) is 5.75 Å². The quantitative estimate of drug-likeness (QED) is 0.568. The van der Waals surface area contributed by atoms with Crippen LogP contribution >= 0.6 is 0 Å². The third-order valence-electron chi connectivity index (χ3n) is 2.64. The van der Waals surface area contributed by atoms with Crippen LogP contribution in [-0.4, -0.2) is 29.8 Å². The minimum Gasteiger partial charge on any atom is -0.496 e. The van der Waals surface area contributed by atoms with Gasteiger partial charge in [0.2, 0.25) is 0 Å². The summed E-state index contributed by atoms with van der Waals surface area (Å²) in [5.41, 5.74) is 0.735. The molecule has 0 saturated heterocycles. The first kappa shape index (κ1) is 14.4. The zero-order valence-corrected chi connectivity index (χ0v) is 10.5. The average Bonchev–Trinajstić information content (AvgIpc) is 2.38. The molecular formula is C12H18N2O4. The van der Waals surface area contributed by atoms with Crippen LogP contribution in [0.1, 0.15) is 18.9 Å². The lowest BCUT2D eigenvalue weighted by Crippen LogP contribution is -2.25. The number of benzene rings is 1. The highest BCUT2D eigenvalue weighted by molar-refractivity contribution is 5.43. The number of nitro benzene ring substituents is 1. The van der Waals surface area contributed by atoms with Crippen LogP contribution in [0.25, 0.3) is 0 Å². The van der Waals surface area contributed by atoms with E-state index in [4.69, 9.17) is 4.74 Å². The summed E-state index contributed by atoms with van der Waals surface area (Å²) in [4.78, 5) is 10.2. The van der Waals surface area contributed by atoms with Gasteiger partial charge < -0.3 is 15.2 Å². The molecule has 6 nitrogen and oxygen atoms in total. The molecule has 1 atom stereocenters. The van der Waals surface area contributed by atoms with E-state index in [-0.39, 0.29) is 5.69 Å². The van der Waals surface area contributed by atoms with E-state index in [1.165, 1.54) is 19.2 Å². The molecular weight excluding hydrogens is 236 g/mol. The molecule has 1 aromatic rings. The minimum atomic E-state index is -0.441. The number of aliphatic hydroxyl groups is 1. The van der Waals surface area contributed by atoms with E-state index in [0.717, 1.165) is 0 Å². The normalized spacial score (nSPS) is 12.2. The van der Waals surface area contributed by atoms with Crippen LogP contribution in [0.2, 0.25) is 0 Å². The number of nitro groups is 1. The van der Waals surface area contributed by atoms with Crippen LogP contribution in [0.15, 0.2) is 18.2 Å². The minimum absolute atomic E-state index is 0.0311. The fourth-order valence-corrected chi connectivity index (χ4v) is 1.53. The Hall–Kier alpha value is -1.66. The fraction of sp³-hybridized carbons (Fsp3) is 0.500. The zero-order chi connectivity index (χ0) is 13.5. The maximum absolute atomic E-state index is 10.7. The lowest BCUT2D eigenvalue weighted by Gasteiger charge is -2.11. The van der Waals surface area contributed by atoms with Crippen molar-refractivity contribution >= 4 is 5.69 Å². The first-order valence-electron chi connectivity index (χ1n) is 5.78. The maximum Gasteiger partial charge on any atom is 0.270 e. The number of ether oxygens (including phenoxy) is 1. The molecule has 0 spiro atoms. The van der Waals surface area contributed by atoms with E-state index in [1.54, 1.807) is 6.07 Å². The second-order valence-electron chi connectivity index (χ2n) is 3.95. The van der Waals surface area contributed by atoms with Crippen molar-refractivity contribution in [3.8, 4) is 5.75 Å². The number of nitrogens with zero attached hydrogens (tertiary/aromatic N) is 1. The Morgan fingerprint density at radius 1 is 1.56 bits per heavy atom. The van der Waals surface area contributed by atoms with Crippen molar-refractivity contribution in [1.29, 1.82) is 0 Å². The molecule has 1 unspecified atom stereocenters. The predicted molar refractivity (Wildman–Crippen MR) is 67.7 cm³/mol. The molecule has 1 rings (SSSR count). The van der Waals surface area contributed by atoms with Crippen molar-refractivity contribution in [3.63, 3.8) is 0 Å². The van der Waals surface area contributed by atoms with Crippen molar-refractivity contribution < 1.29 is 14.8 Å². The lowest BCUT2D eigenvalue weighted by molar-refractivity contribution is -0.384. The topological polar surface area (TPSA) is 84.6 Å². The Labute approximate surface area is 106 Å². The third-order valence-corrected chi connectivity index (χ3v) is 2.64. The van der Waals surface area contributed by atoms with E-state index in [2.05, 4.69) is 5.32 Å². The van der Waals surface area contributed by atoms with Crippen molar-refractivity contribution in [3.05, 3.63) is 33.9 Å². The van der Waals surface area contributed by atoms with E-state index >= 15 is 0 Å². The van der Waals surface area contributed by atoms with E-state index in [0.29, 0.717) is 30.8 Å². The van der Waals surface area contributed by atoms with Crippen LogP contribution in [0.5, 0.6) is 5.75 Å². The summed E-state index contributed by atoms with van der Waals surface area (Å²) in [7, 11) is 1.52. The Morgan fingerprint density at radius 2 is 2.28 bits per heavy atom. The average molecular weight is 254 g/mol. The van der Waals surface area contributed by atoms with Crippen LogP contribution in [0, 0.1) is 10.1 Å². The molecule has 0 aromatic heterocycles.